The third-order valence-corrected chi connectivity index (χ3v) is 10.2. The second-order valence-electron chi connectivity index (χ2n) is 12.7. The molecule has 46 heavy (non-hydrogen) atoms. The van der Waals surface area contributed by atoms with E-state index in [1.807, 2.05) is 13.8 Å². The van der Waals surface area contributed by atoms with Gasteiger partial charge in [-0.1, -0.05) is 74.5 Å². The summed E-state index contributed by atoms with van der Waals surface area (Å²) in [7, 11) is -3.84. The Morgan fingerprint density at radius 1 is 0.891 bits per heavy atom. The number of benzene rings is 2. The van der Waals surface area contributed by atoms with Crippen molar-refractivity contribution in [3.8, 4) is 0 Å². The van der Waals surface area contributed by atoms with E-state index in [0.717, 1.165) is 6.26 Å². The average Bonchev–Trinajstić information content (AvgIpc) is 3.76. The first-order valence-corrected chi connectivity index (χ1v) is 17.2. The molecule has 0 aromatic heterocycles. The van der Waals surface area contributed by atoms with Crippen molar-refractivity contribution < 1.29 is 37.1 Å². The van der Waals surface area contributed by atoms with Crippen molar-refractivity contribution in [3.05, 3.63) is 71.8 Å². The number of nitrogens with two attached hydrogens (primary N) is 1. The average molecular weight is 659 g/mol. The molecule has 1 saturated heterocycles. The molecule has 0 bridgehead atoms. The van der Waals surface area contributed by atoms with Crippen molar-refractivity contribution >= 4 is 33.5 Å². The zero-order valence-electron chi connectivity index (χ0n) is 27.4. The number of Topliss-reactive ketones (excluding diaryl/α,β-unsaturated/α-hetero) is 1. The molecule has 12 nitrogen and oxygen atoms in total. The fourth-order valence-corrected chi connectivity index (χ4v) is 5.56. The van der Waals surface area contributed by atoms with E-state index < -0.39 is 75.0 Å². The van der Waals surface area contributed by atoms with Gasteiger partial charge in [0.15, 0.2) is 15.6 Å². The maximum Gasteiger partial charge on any atom is 0.408 e. The van der Waals surface area contributed by atoms with Crippen LogP contribution in [0.4, 0.5) is 4.79 Å². The first-order valence-electron chi connectivity index (χ1n) is 15.3. The maximum atomic E-state index is 13.7. The molecule has 1 fully saturated rings. The Morgan fingerprint density at radius 2 is 1.46 bits per heavy atom. The number of carbonyl (C=O) groups excluding carboxylic acids is 4. The number of hydrogen-bond acceptors (Lipinski definition) is 9. The number of ether oxygens (including phenoxy) is 2. The monoisotopic (exact) mass is 658 g/mol. The third-order valence-electron chi connectivity index (χ3n) is 8.09. The van der Waals surface area contributed by atoms with Gasteiger partial charge in [-0.15, -0.1) is 0 Å². The molecule has 13 heteroatoms. The lowest BCUT2D eigenvalue weighted by molar-refractivity contribution is -0.125. The highest BCUT2D eigenvalue weighted by molar-refractivity contribution is 7.92. The number of hydrogen-bond donors (Lipinski definition) is 4. The summed E-state index contributed by atoms with van der Waals surface area (Å²) in [5.41, 5.74) is 7.47. The number of sulfone groups is 1. The van der Waals surface area contributed by atoms with Gasteiger partial charge in [-0.3, -0.25) is 14.4 Å². The van der Waals surface area contributed by atoms with E-state index in [4.69, 9.17) is 15.2 Å². The van der Waals surface area contributed by atoms with Crippen molar-refractivity contribution in [2.75, 3.05) is 6.26 Å². The van der Waals surface area contributed by atoms with Crippen LogP contribution >= 0.6 is 0 Å². The van der Waals surface area contributed by atoms with Gasteiger partial charge in [0, 0.05) is 18.2 Å². The Balaban J connectivity index is 1.76. The fraction of sp³-hybridized carbons (Fsp3) is 0.515. The third kappa shape index (κ3) is 9.36. The minimum Gasteiger partial charge on any atom is -0.447 e. The van der Waals surface area contributed by atoms with E-state index in [1.165, 1.54) is 13.8 Å². The van der Waals surface area contributed by atoms with Gasteiger partial charge in [0.1, 0.15) is 18.2 Å². The minimum atomic E-state index is -3.84. The highest BCUT2D eigenvalue weighted by Gasteiger charge is 2.49. The van der Waals surface area contributed by atoms with Crippen molar-refractivity contribution in [2.24, 2.45) is 11.7 Å². The number of ketones is 1. The lowest BCUT2D eigenvalue weighted by Crippen LogP contribution is -2.61. The van der Waals surface area contributed by atoms with Crippen LogP contribution in [0.5, 0.6) is 0 Å². The summed E-state index contributed by atoms with van der Waals surface area (Å²) in [6, 6.07) is 13.5. The molecule has 0 radical (unpaired) electrons. The fourth-order valence-electron chi connectivity index (χ4n) is 4.96. The van der Waals surface area contributed by atoms with Crippen molar-refractivity contribution in [1.29, 1.82) is 0 Å². The predicted molar refractivity (Wildman–Crippen MR) is 174 cm³/mol. The van der Waals surface area contributed by atoms with Crippen LogP contribution in [0, 0.1) is 5.92 Å². The zero-order chi connectivity index (χ0) is 34.4. The lowest BCUT2D eigenvalue weighted by atomic mass is 9.94. The molecule has 3 rings (SSSR count). The van der Waals surface area contributed by atoms with Crippen molar-refractivity contribution in [1.82, 2.24) is 16.0 Å². The van der Waals surface area contributed by atoms with Gasteiger partial charge in [0.25, 0.3) is 0 Å². The van der Waals surface area contributed by atoms with Crippen LogP contribution in [0.15, 0.2) is 60.7 Å². The SMILES string of the molecule is CC(C)OC(=O)N[C@H](C(=O)N[C@@H](C[C@H]1O[C@H]1C(N)C(=O)N[C@@H](C(=O)c1ccccc1)C(C)C)c1ccccc1)C(C)(C)S(C)(=O)=O. The van der Waals surface area contributed by atoms with Crippen LogP contribution in [-0.4, -0.2) is 79.5 Å². The van der Waals surface area contributed by atoms with Gasteiger partial charge in [0.05, 0.1) is 29.0 Å². The molecule has 2 aromatic carbocycles. The number of rotatable bonds is 15. The molecule has 6 atom stereocenters. The Labute approximate surface area is 271 Å². The molecule has 1 aliphatic rings. The Bertz CT molecular complexity index is 1480. The normalized spacial score (nSPS) is 19.0. The summed E-state index contributed by atoms with van der Waals surface area (Å²) in [4.78, 5) is 52.5. The van der Waals surface area contributed by atoms with E-state index in [9.17, 15) is 27.6 Å². The molecule has 252 valence electrons. The van der Waals surface area contributed by atoms with E-state index in [-0.39, 0.29) is 18.1 Å². The van der Waals surface area contributed by atoms with Gasteiger partial charge >= 0.3 is 6.09 Å². The number of epoxide rings is 1. The van der Waals surface area contributed by atoms with Gasteiger partial charge in [-0.05, 0) is 39.2 Å². The highest BCUT2D eigenvalue weighted by Crippen LogP contribution is 2.34. The first kappa shape index (κ1) is 36.7. The molecule has 0 spiro atoms. The number of alkyl carbamates (subject to hydrolysis) is 1. The van der Waals surface area contributed by atoms with E-state index >= 15 is 0 Å². The molecular weight excluding hydrogens is 612 g/mol. The van der Waals surface area contributed by atoms with Crippen LogP contribution < -0.4 is 21.7 Å². The lowest BCUT2D eigenvalue weighted by Gasteiger charge is -2.33. The van der Waals surface area contributed by atoms with Gasteiger partial charge in [-0.2, -0.15) is 0 Å². The summed E-state index contributed by atoms with van der Waals surface area (Å²) in [6.07, 6.45) is -1.47. The molecule has 5 N–H and O–H groups in total. The van der Waals surface area contributed by atoms with Crippen molar-refractivity contribution in [3.63, 3.8) is 0 Å². The predicted octanol–water partition coefficient (Wildman–Crippen LogP) is 2.68. The largest absolute Gasteiger partial charge is 0.447 e. The van der Waals surface area contributed by atoms with Crippen LogP contribution in [0.25, 0.3) is 0 Å². The zero-order valence-corrected chi connectivity index (χ0v) is 28.2. The standard InChI is InChI=1S/C33H46N4O8S/c1-19(2)26(27(38)22-16-12-9-13-17-22)36-30(39)25(34)28-24(45-28)18-23(21-14-10-8-11-15-21)35-31(40)29(33(5,6)46(7,42)43)37-32(41)44-20(3)4/h8-17,19-20,23-26,28-29H,18,34H2,1-7H3,(H,35,40)(H,36,39)(H,37,41)/t23-,24+,25?,26+,28+,29+/m0/s1. The molecule has 0 aliphatic carbocycles. The molecule has 3 amide bonds. The van der Waals surface area contributed by atoms with Crippen molar-refractivity contribution in [2.45, 2.75) is 95.2 Å². The second kappa shape index (κ2) is 15.2. The van der Waals surface area contributed by atoms with Gasteiger partial charge in [0.2, 0.25) is 11.8 Å². The molecule has 2 aromatic rings. The van der Waals surface area contributed by atoms with E-state index in [2.05, 4.69) is 16.0 Å². The van der Waals surface area contributed by atoms with E-state index in [0.29, 0.717) is 11.1 Å². The summed E-state index contributed by atoms with van der Waals surface area (Å²) < 4.78 is 34.6. The molecular formula is C33H46N4O8S. The Hall–Kier alpha value is -3.81. The number of nitrogens with one attached hydrogen (secondary N) is 3. The molecule has 1 unspecified atom stereocenters. The first-order chi connectivity index (χ1) is 21.4. The summed E-state index contributed by atoms with van der Waals surface area (Å²) in [5.74, 6) is -1.72. The summed E-state index contributed by atoms with van der Waals surface area (Å²) in [6.45, 7) is 9.62. The Kier molecular flexibility index (Phi) is 12.1. The van der Waals surface area contributed by atoms with Crippen LogP contribution in [0.1, 0.15) is 69.9 Å². The molecule has 0 saturated carbocycles. The topological polar surface area (TPSA) is 186 Å². The van der Waals surface area contributed by atoms with Gasteiger partial charge in [-0.25, -0.2) is 13.2 Å². The molecule has 1 heterocycles. The Morgan fingerprint density at radius 3 is 1.98 bits per heavy atom. The van der Waals surface area contributed by atoms with E-state index in [1.54, 1.807) is 74.5 Å². The van der Waals surface area contributed by atoms with Crippen LogP contribution in [0.3, 0.4) is 0 Å². The number of carbonyl (C=O) groups is 4. The minimum absolute atomic E-state index is 0.195. The molecule has 1 aliphatic heterocycles. The maximum absolute atomic E-state index is 13.7. The quantitative estimate of drug-likeness (QED) is 0.165. The van der Waals surface area contributed by atoms with Crippen LogP contribution in [0.2, 0.25) is 0 Å². The van der Waals surface area contributed by atoms with Gasteiger partial charge < -0.3 is 31.2 Å². The van der Waals surface area contributed by atoms with Crippen LogP contribution in [-0.2, 0) is 28.9 Å². The summed E-state index contributed by atoms with van der Waals surface area (Å²) in [5, 5.41) is 8.08. The number of amides is 3. The highest BCUT2D eigenvalue weighted by atomic mass is 32.2. The summed E-state index contributed by atoms with van der Waals surface area (Å²) >= 11 is 0. The second-order valence-corrected chi connectivity index (χ2v) is 15.3. The smallest absolute Gasteiger partial charge is 0.408 e.